The number of halogens is 1. The molecule has 0 amide bonds. The molecule has 0 aromatic heterocycles. The average Bonchev–Trinajstić information content (AvgIpc) is 2.23. The molecule has 0 saturated carbocycles. The second-order valence-electron chi connectivity index (χ2n) is 3.84. The topological polar surface area (TPSA) is 29.1 Å². The van der Waals surface area contributed by atoms with Crippen molar-refractivity contribution in [1.82, 2.24) is 5.32 Å². The van der Waals surface area contributed by atoms with Gasteiger partial charge in [-0.25, -0.2) is 0 Å². The first-order chi connectivity index (χ1) is 7.15. The van der Waals surface area contributed by atoms with E-state index in [0.717, 1.165) is 16.9 Å². The minimum absolute atomic E-state index is 0.162. The molecule has 15 heavy (non-hydrogen) atoms. The van der Waals surface area contributed by atoms with Crippen molar-refractivity contribution in [3.8, 4) is 0 Å². The van der Waals surface area contributed by atoms with Gasteiger partial charge in [0, 0.05) is 11.3 Å². The van der Waals surface area contributed by atoms with Gasteiger partial charge in [-0.1, -0.05) is 30.7 Å². The average molecular weight is 244 g/mol. The molecule has 2 rings (SSSR count). The fourth-order valence-electron chi connectivity index (χ4n) is 2.03. The summed E-state index contributed by atoms with van der Waals surface area (Å²) >= 11 is 6.10. The highest BCUT2D eigenvalue weighted by molar-refractivity contribution is 7.86. The Morgan fingerprint density at radius 1 is 1.53 bits per heavy atom. The number of nitrogens with one attached hydrogen (secondary N) is 1. The highest BCUT2D eigenvalue weighted by Crippen LogP contribution is 2.37. The van der Waals surface area contributed by atoms with E-state index in [9.17, 15) is 4.21 Å². The Labute approximate surface area is 97.5 Å². The fourth-order valence-corrected chi connectivity index (χ4v) is 3.92. The molecule has 0 radical (unpaired) electrons. The quantitative estimate of drug-likeness (QED) is 0.821. The Morgan fingerprint density at radius 2 is 2.27 bits per heavy atom. The van der Waals surface area contributed by atoms with Crippen LogP contribution in [-0.4, -0.2) is 16.5 Å². The number of hydrogen-bond acceptors (Lipinski definition) is 2. The van der Waals surface area contributed by atoms with E-state index < -0.39 is 10.8 Å². The van der Waals surface area contributed by atoms with E-state index in [2.05, 4.69) is 5.32 Å². The summed E-state index contributed by atoms with van der Waals surface area (Å²) in [5.74, 6) is 0. The summed E-state index contributed by atoms with van der Waals surface area (Å²) in [6.07, 6.45) is 0.899. The summed E-state index contributed by atoms with van der Waals surface area (Å²) < 4.78 is 12.1. The van der Waals surface area contributed by atoms with E-state index in [1.807, 2.05) is 32.2 Å². The van der Waals surface area contributed by atoms with Gasteiger partial charge >= 0.3 is 0 Å². The van der Waals surface area contributed by atoms with Crippen molar-refractivity contribution in [2.75, 3.05) is 7.05 Å². The number of benzene rings is 1. The highest BCUT2D eigenvalue weighted by atomic mass is 35.5. The largest absolute Gasteiger partial charge is 0.313 e. The van der Waals surface area contributed by atoms with Gasteiger partial charge in [0.05, 0.1) is 20.7 Å². The molecule has 1 aliphatic rings. The van der Waals surface area contributed by atoms with E-state index in [0.29, 0.717) is 5.02 Å². The van der Waals surface area contributed by atoms with Gasteiger partial charge in [-0.15, -0.1) is 0 Å². The van der Waals surface area contributed by atoms with Crippen LogP contribution in [0, 0.1) is 0 Å². The van der Waals surface area contributed by atoms with Crippen molar-refractivity contribution in [2.24, 2.45) is 0 Å². The van der Waals surface area contributed by atoms with Crippen molar-refractivity contribution in [3.63, 3.8) is 0 Å². The van der Waals surface area contributed by atoms with Crippen LogP contribution in [0.25, 0.3) is 0 Å². The lowest BCUT2D eigenvalue weighted by Crippen LogP contribution is -2.30. The molecule has 4 heteroatoms. The van der Waals surface area contributed by atoms with Crippen LogP contribution in [0.4, 0.5) is 0 Å². The Balaban J connectivity index is 2.58. The molecule has 1 aliphatic heterocycles. The summed E-state index contributed by atoms with van der Waals surface area (Å²) in [7, 11) is 0.961. The van der Waals surface area contributed by atoms with E-state index in [1.54, 1.807) is 0 Å². The van der Waals surface area contributed by atoms with Crippen LogP contribution in [0.3, 0.4) is 0 Å². The monoisotopic (exact) mass is 243 g/mol. The minimum atomic E-state index is -0.966. The fraction of sp³-hybridized carbons (Fsp3) is 0.455. The van der Waals surface area contributed by atoms with Crippen LogP contribution >= 0.6 is 11.6 Å². The summed E-state index contributed by atoms with van der Waals surface area (Å²) in [6.45, 7) is 2.01. The highest BCUT2D eigenvalue weighted by Gasteiger charge is 2.30. The third-order valence-electron chi connectivity index (χ3n) is 2.86. The number of hydrogen-bond donors (Lipinski definition) is 1. The predicted molar refractivity (Wildman–Crippen MR) is 63.7 cm³/mol. The zero-order valence-electron chi connectivity index (χ0n) is 8.79. The van der Waals surface area contributed by atoms with Crippen LogP contribution in [-0.2, 0) is 10.8 Å². The summed E-state index contributed by atoms with van der Waals surface area (Å²) in [5.41, 5.74) is 1.08. The zero-order chi connectivity index (χ0) is 11.0. The van der Waals surface area contributed by atoms with Crippen LogP contribution < -0.4 is 5.32 Å². The van der Waals surface area contributed by atoms with Crippen molar-refractivity contribution < 1.29 is 4.21 Å². The van der Waals surface area contributed by atoms with Crippen molar-refractivity contribution in [3.05, 3.63) is 28.8 Å². The van der Waals surface area contributed by atoms with Crippen LogP contribution in [0.5, 0.6) is 0 Å². The van der Waals surface area contributed by atoms with Gasteiger partial charge in [-0.2, -0.15) is 0 Å². The molecular formula is C11H14ClNOS. The first-order valence-corrected chi connectivity index (χ1v) is 6.60. The molecular weight excluding hydrogens is 230 g/mol. The van der Waals surface area contributed by atoms with Crippen LogP contribution in [0.1, 0.15) is 24.9 Å². The Bertz CT molecular complexity index is 408. The molecule has 1 aromatic carbocycles. The van der Waals surface area contributed by atoms with E-state index in [-0.39, 0.29) is 11.3 Å². The standard InChI is InChI=1S/C11H14ClNOS/c1-7-6-10(13-2)8-4-3-5-9(12)11(8)15(7)14/h3-5,7,10,13H,6H2,1-2H3. The second-order valence-corrected chi connectivity index (χ2v) is 6.06. The van der Waals surface area contributed by atoms with E-state index in [4.69, 9.17) is 11.6 Å². The molecule has 82 valence electrons. The summed E-state index contributed by atoms with van der Waals surface area (Å²) in [6, 6.07) is 6.00. The Hall–Kier alpha value is -0.380. The SMILES string of the molecule is CNC1CC(C)S(=O)c2c(Cl)cccc21. The van der Waals surface area contributed by atoms with E-state index >= 15 is 0 Å². The molecule has 1 N–H and O–H groups in total. The maximum atomic E-state index is 12.1. The summed E-state index contributed by atoms with van der Waals surface area (Å²) in [4.78, 5) is 0.817. The van der Waals surface area contributed by atoms with Gasteiger partial charge < -0.3 is 5.32 Å². The molecule has 3 atom stereocenters. The van der Waals surface area contributed by atoms with Crippen LogP contribution in [0.2, 0.25) is 5.02 Å². The molecule has 0 aliphatic carbocycles. The van der Waals surface area contributed by atoms with Crippen molar-refractivity contribution in [1.29, 1.82) is 0 Å². The molecule has 0 saturated heterocycles. The molecule has 0 fully saturated rings. The lowest BCUT2D eigenvalue weighted by Gasteiger charge is -2.29. The maximum absolute atomic E-state index is 12.1. The summed E-state index contributed by atoms with van der Waals surface area (Å²) in [5, 5.41) is 4.03. The number of fused-ring (bicyclic) bond motifs is 1. The number of rotatable bonds is 1. The predicted octanol–water partition coefficient (Wildman–Crippen LogP) is 2.50. The Kier molecular flexibility index (Phi) is 3.14. The molecule has 1 heterocycles. The maximum Gasteiger partial charge on any atom is 0.0624 e. The van der Waals surface area contributed by atoms with Gasteiger partial charge in [0.2, 0.25) is 0 Å². The molecule has 1 aromatic rings. The van der Waals surface area contributed by atoms with Crippen molar-refractivity contribution >= 4 is 22.4 Å². The first kappa shape index (κ1) is 11.1. The third-order valence-corrected chi connectivity index (χ3v) is 5.06. The van der Waals surface area contributed by atoms with Crippen molar-refractivity contribution in [2.45, 2.75) is 29.5 Å². The lowest BCUT2D eigenvalue weighted by atomic mass is 10.0. The third kappa shape index (κ3) is 1.84. The normalized spacial score (nSPS) is 29.9. The van der Waals surface area contributed by atoms with Gasteiger partial charge in [0.15, 0.2) is 0 Å². The van der Waals surface area contributed by atoms with Gasteiger partial charge in [0.1, 0.15) is 0 Å². The smallest absolute Gasteiger partial charge is 0.0624 e. The first-order valence-electron chi connectivity index (χ1n) is 5.01. The molecule has 0 spiro atoms. The van der Waals surface area contributed by atoms with Crippen LogP contribution in [0.15, 0.2) is 23.1 Å². The molecule has 2 nitrogen and oxygen atoms in total. The minimum Gasteiger partial charge on any atom is -0.313 e. The van der Waals surface area contributed by atoms with E-state index in [1.165, 1.54) is 0 Å². The van der Waals surface area contributed by atoms with Gasteiger partial charge in [-0.05, 0) is 25.1 Å². The van der Waals surface area contributed by atoms with Gasteiger partial charge in [0.25, 0.3) is 0 Å². The Morgan fingerprint density at radius 3 is 2.93 bits per heavy atom. The van der Waals surface area contributed by atoms with Gasteiger partial charge in [-0.3, -0.25) is 4.21 Å². The molecule has 0 bridgehead atoms. The zero-order valence-corrected chi connectivity index (χ0v) is 10.4. The molecule has 3 unspecified atom stereocenters. The second kappa shape index (κ2) is 4.24. The lowest BCUT2D eigenvalue weighted by molar-refractivity contribution is 0.518.